The number of amides is 1. The van der Waals surface area contributed by atoms with Crippen LogP contribution in [0.4, 0.5) is 0 Å². The van der Waals surface area contributed by atoms with E-state index in [4.69, 9.17) is 11.6 Å². The Hall–Kier alpha value is -0.540. The van der Waals surface area contributed by atoms with E-state index in [1.807, 2.05) is 4.90 Å². The van der Waals surface area contributed by atoms with E-state index in [9.17, 15) is 4.79 Å². The van der Waals surface area contributed by atoms with Crippen molar-refractivity contribution in [3.63, 3.8) is 0 Å². The molecule has 0 bridgehead atoms. The van der Waals surface area contributed by atoms with Gasteiger partial charge in [-0.3, -0.25) is 4.79 Å². The SMILES string of the molecule is O=C(c1cc2c(s1)CCC2)N1CCC(CCCl)C1. The Morgan fingerprint density at radius 3 is 3.17 bits per heavy atom. The van der Waals surface area contributed by atoms with Gasteiger partial charge in [-0.25, -0.2) is 0 Å². The topological polar surface area (TPSA) is 20.3 Å². The van der Waals surface area contributed by atoms with Crippen molar-refractivity contribution < 1.29 is 4.79 Å². The van der Waals surface area contributed by atoms with Crippen LogP contribution >= 0.6 is 22.9 Å². The van der Waals surface area contributed by atoms with E-state index >= 15 is 0 Å². The average molecular weight is 284 g/mol. The van der Waals surface area contributed by atoms with Gasteiger partial charge in [-0.05, 0) is 49.7 Å². The first-order valence-corrected chi connectivity index (χ1v) is 8.10. The molecule has 1 aliphatic carbocycles. The molecule has 0 N–H and O–H groups in total. The zero-order chi connectivity index (χ0) is 12.5. The van der Waals surface area contributed by atoms with Crippen LogP contribution in [0.2, 0.25) is 0 Å². The van der Waals surface area contributed by atoms with Crippen molar-refractivity contribution in [2.45, 2.75) is 32.1 Å². The van der Waals surface area contributed by atoms with Crippen LogP contribution in [0.3, 0.4) is 0 Å². The number of thiophene rings is 1. The number of aryl methyl sites for hydroxylation is 2. The van der Waals surface area contributed by atoms with Crippen LogP contribution in [0.25, 0.3) is 0 Å². The van der Waals surface area contributed by atoms with Crippen LogP contribution in [0.15, 0.2) is 6.07 Å². The molecule has 1 saturated heterocycles. The van der Waals surface area contributed by atoms with Gasteiger partial charge in [-0.1, -0.05) is 0 Å². The van der Waals surface area contributed by atoms with Crippen LogP contribution in [0, 0.1) is 5.92 Å². The van der Waals surface area contributed by atoms with Crippen molar-refractivity contribution in [2.24, 2.45) is 5.92 Å². The molecule has 1 aliphatic heterocycles. The minimum atomic E-state index is 0.242. The summed E-state index contributed by atoms with van der Waals surface area (Å²) in [7, 11) is 0. The third kappa shape index (κ3) is 2.30. The molecule has 98 valence electrons. The number of likely N-dealkylation sites (tertiary alicyclic amines) is 1. The zero-order valence-electron chi connectivity index (χ0n) is 10.5. The Morgan fingerprint density at radius 2 is 2.39 bits per heavy atom. The first-order valence-electron chi connectivity index (χ1n) is 6.74. The van der Waals surface area contributed by atoms with Crippen LogP contribution in [-0.4, -0.2) is 29.8 Å². The number of fused-ring (bicyclic) bond motifs is 1. The summed E-state index contributed by atoms with van der Waals surface area (Å²) in [6.07, 6.45) is 5.74. The van der Waals surface area contributed by atoms with Crippen molar-refractivity contribution >= 4 is 28.8 Å². The van der Waals surface area contributed by atoms with Crippen LogP contribution < -0.4 is 0 Å². The predicted octanol–water partition coefficient (Wildman–Crippen LogP) is 3.33. The highest BCUT2D eigenvalue weighted by Crippen LogP contribution is 2.32. The molecule has 1 aromatic heterocycles. The molecule has 1 unspecified atom stereocenters. The van der Waals surface area contributed by atoms with Crippen LogP contribution in [0.1, 0.15) is 39.4 Å². The molecule has 4 heteroatoms. The number of rotatable bonds is 3. The minimum Gasteiger partial charge on any atom is -0.338 e. The van der Waals surface area contributed by atoms with Gasteiger partial charge >= 0.3 is 0 Å². The molecule has 1 aromatic rings. The Kier molecular flexibility index (Phi) is 3.62. The molecule has 0 radical (unpaired) electrons. The molecule has 3 rings (SSSR count). The summed E-state index contributed by atoms with van der Waals surface area (Å²) in [5.41, 5.74) is 1.42. The van der Waals surface area contributed by atoms with Crippen molar-refractivity contribution in [1.29, 1.82) is 0 Å². The highest BCUT2D eigenvalue weighted by Gasteiger charge is 2.28. The van der Waals surface area contributed by atoms with E-state index in [1.54, 1.807) is 11.3 Å². The maximum absolute atomic E-state index is 12.4. The Morgan fingerprint density at radius 1 is 1.50 bits per heavy atom. The largest absolute Gasteiger partial charge is 0.338 e. The van der Waals surface area contributed by atoms with Crippen molar-refractivity contribution in [1.82, 2.24) is 4.90 Å². The van der Waals surface area contributed by atoms with Crippen molar-refractivity contribution in [3.8, 4) is 0 Å². The first-order chi connectivity index (χ1) is 8.78. The normalized spacial score (nSPS) is 22.5. The average Bonchev–Trinajstić information content (AvgIpc) is 3.02. The van der Waals surface area contributed by atoms with Crippen LogP contribution in [-0.2, 0) is 12.8 Å². The highest BCUT2D eigenvalue weighted by atomic mass is 35.5. The number of carbonyl (C=O) groups excluding carboxylic acids is 1. The number of hydrogen-bond acceptors (Lipinski definition) is 2. The minimum absolute atomic E-state index is 0.242. The van der Waals surface area contributed by atoms with Gasteiger partial charge < -0.3 is 4.90 Å². The molecule has 0 aromatic carbocycles. The summed E-state index contributed by atoms with van der Waals surface area (Å²) in [5.74, 6) is 1.56. The monoisotopic (exact) mass is 283 g/mol. The second-order valence-electron chi connectivity index (χ2n) is 5.30. The van der Waals surface area contributed by atoms with Gasteiger partial charge in [0.05, 0.1) is 4.88 Å². The van der Waals surface area contributed by atoms with Gasteiger partial charge in [0.2, 0.25) is 0 Å². The van der Waals surface area contributed by atoms with Gasteiger partial charge in [-0.15, -0.1) is 22.9 Å². The van der Waals surface area contributed by atoms with E-state index in [0.717, 1.165) is 37.2 Å². The van der Waals surface area contributed by atoms with Crippen molar-refractivity contribution in [2.75, 3.05) is 19.0 Å². The van der Waals surface area contributed by atoms with Gasteiger partial charge in [0.15, 0.2) is 0 Å². The lowest BCUT2D eigenvalue weighted by Crippen LogP contribution is -2.28. The molecule has 1 amide bonds. The van der Waals surface area contributed by atoms with E-state index in [0.29, 0.717) is 11.8 Å². The molecule has 2 heterocycles. The lowest BCUT2D eigenvalue weighted by atomic mass is 10.1. The fraction of sp³-hybridized carbons (Fsp3) is 0.643. The number of alkyl halides is 1. The lowest BCUT2D eigenvalue weighted by molar-refractivity contribution is 0.0791. The molecular weight excluding hydrogens is 266 g/mol. The number of halogens is 1. The molecule has 0 spiro atoms. The molecule has 0 saturated carbocycles. The quantitative estimate of drug-likeness (QED) is 0.779. The molecule has 18 heavy (non-hydrogen) atoms. The Labute approximate surface area is 117 Å². The molecule has 1 fully saturated rings. The summed E-state index contributed by atoms with van der Waals surface area (Å²) in [4.78, 5) is 16.8. The van der Waals surface area contributed by atoms with Gasteiger partial charge in [0, 0.05) is 23.8 Å². The number of nitrogens with zero attached hydrogens (tertiary/aromatic N) is 1. The van der Waals surface area contributed by atoms with Gasteiger partial charge in [0.25, 0.3) is 5.91 Å². The Balaban J connectivity index is 1.67. The maximum atomic E-state index is 12.4. The Bertz CT molecular complexity index is 435. The van der Waals surface area contributed by atoms with E-state index in [1.165, 1.54) is 23.3 Å². The van der Waals surface area contributed by atoms with Gasteiger partial charge in [-0.2, -0.15) is 0 Å². The molecule has 1 atom stereocenters. The fourth-order valence-electron chi connectivity index (χ4n) is 3.00. The second-order valence-corrected chi connectivity index (χ2v) is 6.81. The van der Waals surface area contributed by atoms with Gasteiger partial charge in [0.1, 0.15) is 0 Å². The van der Waals surface area contributed by atoms with E-state index in [2.05, 4.69) is 6.07 Å². The maximum Gasteiger partial charge on any atom is 0.263 e. The second kappa shape index (κ2) is 5.22. The highest BCUT2D eigenvalue weighted by molar-refractivity contribution is 7.14. The van der Waals surface area contributed by atoms with E-state index < -0.39 is 0 Å². The third-order valence-electron chi connectivity index (χ3n) is 4.05. The third-order valence-corrected chi connectivity index (χ3v) is 5.49. The number of hydrogen-bond donors (Lipinski definition) is 0. The summed E-state index contributed by atoms with van der Waals surface area (Å²) in [5, 5.41) is 0. The summed E-state index contributed by atoms with van der Waals surface area (Å²) in [6.45, 7) is 1.80. The standard InChI is InChI=1S/C14H18ClNOS/c15-6-4-10-5-7-16(9-10)14(17)13-8-11-2-1-3-12(11)18-13/h8,10H,1-7,9H2. The molecule has 2 aliphatic rings. The first kappa shape index (κ1) is 12.5. The lowest BCUT2D eigenvalue weighted by Gasteiger charge is -2.15. The van der Waals surface area contributed by atoms with Crippen LogP contribution in [0.5, 0.6) is 0 Å². The smallest absolute Gasteiger partial charge is 0.263 e. The van der Waals surface area contributed by atoms with E-state index in [-0.39, 0.29) is 5.91 Å². The predicted molar refractivity (Wildman–Crippen MR) is 75.7 cm³/mol. The molecular formula is C14H18ClNOS. The number of carbonyl (C=O) groups is 1. The fourth-order valence-corrected chi connectivity index (χ4v) is 4.53. The molecule has 2 nitrogen and oxygen atoms in total. The summed E-state index contributed by atoms with van der Waals surface area (Å²) >= 11 is 7.49. The zero-order valence-corrected chi connectivity index (χ0v) is 12.0. The summed E-state index contributed by atoms with van der Waals surface area (Å²) in [6, 6.07) is 2.13. The summed E-state index contributed by atoms with van der Waals surface area (Å²) < 4.78 is 0. The van der Waals surface area contributed by atoms with Crippen molar-refractivity contribution in [3.05, 3.63) is 21.4 Å².